The Bertz CT molecular complexity index is 626. The summed E-state index contributed by atoms with van der Waals surface area (Å²) in [5.74, 6) is 2.32. The van der Waals surface area contributed by atoms with Gasteiger partial charge in [0.05, 0.1) is 10.3 Å². The number of carbonyl (C=O) groups excluding carboxylic acids is 1. The van der Waals surface area contributed by atoms with E-state index in [0.29, 0.717) is 15.3 Å². The third-order valence-electron chi connectivity index (χ3n) is 3.32. The number of hydrogen-bond donors (Lipinski definition) is 1. The first-order valence-corrected chi connectivity index (χ1v) is 9.63. The summed E-state index contributed by atoms with van der Waals surface area (Å²) >= 11 is 5.45. The van der Waals surface area contributed by atoms with E-state index in [-0.39, 0.29) is 5.91 Å². The molecule has 0 saturated carbocycles. The first-order valence-electron chi connectivity index (χ1n) is 6.72. The van der Waals surface area contributed by atoms with Gasteiger partial charge in [0, 0.05) is 21.9 Å². The Hall–Kier alpha value is -0.980. The van der Waals surface area contributed by atoms with E-state index in [1.165, 1.54) is 28.4 Å². The number of hydrogen-bond acceptors (Lipinski definition) is 5. The van der Waals surface area contributed by atoms with E-state index in [1.807, 2.05) is 49.5 Å². The first kappa shape index (κ1) is 14.9. The molecule has 2 heterocycles. The second-order valence-electron chi connectivity index (χ2n) is 4.81. The first-order chi connectivity index (χ1) is 10.1. The van der Waals surface area contributed by atoms with Crippen molar-refractivity contribution in [2.45, 2.75) is 18.4 Å². The van der Waals surface area contributed by atoms with E-state index >= 15 is 0 Å². The van der Waals surface area contributed by atoms with Crippen LogP contribution in [0.2, 0.25) is 0 Å². The predicted molar refractivity (Wildman–Crippen MR) is 93.6 cm³/mol. The van der Waals surface area contributed by atoms with Crippen LogP contribution in [0.5, 0.6) is 0 Å². The van der Waals surface area contributed by atoms with Gasteiger partial charge in [-0.3, -0.25) is 10.1 Å². The molecule has 1 N–H and O–H groups in total. The average Bonchev–Trinajstić information content (AvgIpc) is 3.10. The molecule has 1 saturated heterocycles. The maximum Gasteiger partial charge on any atom is 0.257 e. The molecule has 1 aliphatic heterocycles. The van der Waals surface area contributed by atoms with Crippen molar-refractivity contribution in [1.82, 2.24) is 4.98 Å². The van der Waals surface area contributed by atoms with E-state index in [4.69, 9.17) is 0 Å². The summed E-state index contributed by atoms with van der Waals surface area (Å²) in [6.45, 7) is 3.96. The normalized spacial score (nSPS) is 15.3. The van der Waals surface area contributed by atoms with Crippen LogP contribution in [0.4, 0.5) is 5.13 Å². The van der Waals surface area contributed by atoms with E-state index < -0.39 is 0 Å². The molecule has 3 nitrogen and oxygen atoms in total. The number of carbonyl (C=O) groups is 1. The fourth-order valence-corrected chi connectivity index (χ4v) is 5.71. The number of nitrogens with zero attached hydrogens (tertiary/aromatic N) is 1. The van der Waals surface area contributed by atoms with Crippen LogP contribution in [-0.4, -0.2) is 22.4 Å². The number of thiazole rings is 1. The standard InChI is InChI=1S/C15H16N2OS3/c1-9-10(2)21-15(16-9)17-13(18)11-3-5-12(6-4-11)14-19-7-8-20-14/h3-6,14H,7-8H2,1-2H3,(H,16,17,18). The molecule has 21 heavy (non-hydrogen) atoms. The zero-order valence-corrected chi connectivity index (χ0v) is 14.3. The SMILES string of the molecule is Cc1nc(NC(=O)c2ccc(C3SCCS3)cc2)sc1C. The van der Waals surface area contributed by atoms with Crippen LogP contribution in [0.1, 0.15) is 31.1 Å². The molecule has 1 aliphatic rings. The molecule has 1 fully saturated rings. The second-order valence-corrected chi connectivity index (χ2v) is 8.74. The van der Waals surface area contributed by atoms with Gasteiger partial charge in [-0.05, 0) is 31.5 Å². The summed E-state index contributed by atoms with van der Waals surface area (Å²) < 4.78 is 0.520. The second kappa shape index (κ2) is 6.42. The molecule has 1 aromatic heterocycles. The van der Waals surface area contributed by atoms with Gasteiger partial charge in [0.15, 0.2) is 5.13 Å². The highest BCUT2D eigenvalue weighted by molar-refractivity contribution is 8.19. The van der Waals surface area contributed by atoms with Crippen LogP contribution in [0.25, 0.3) is 0 Å². The Morgan fingerprint density at radius 3 is 2.43 bits per heavy atom. The molecule has 110 valence electrons. The number of thioether (sulfide) groups is 2. The molecule has 1 amide bonds. The number of anilines is 1. The third-order valence-corrected chi connectivity index (χ3v) is 7.41. The zero-order chi connectivity index (χ0) is 14.8. The lowest BCUT2D eigenvalue weighted by molar-refractivity contribution is 0.102. The zero-order valence-electron chi connectivity index (χ0n) is 11.9. The van der Waals surface area contributed by atoms with Crippen LogP contribution in [0, 0.1) is 13.8 Å². The van der Waals surface area contributed by atoms with E-state index in [0.717, 1.165) is 10.6 Å². The molecule has 0 bridgehead atoms. The van der Waals surface area contributed by atoms with E-state index in [2.05, 4.69) is 22.4 Å². The Labute approximate surface area is 136 Å². The molecule has 0 aliphatic carbocycles. The molecule has 2 aromatic rings. The lowest BCUT2D eigenvalue weighted by atomic mass is 10.1. The Morgan fingerprint density at radius 1 is 1.19 bits per heavy atom. The minimum Gasteiger partial charge on any atom is -0.298 e. The number of aryl methyl sites for hydroxylation is 2. The number of aromatic nitrogens is 1. The monoisotopic (exact) mass is 336 g/mol. The lowest BCUT2D eigenvalue weighted by Gasteiger charge is -2.09. The molecule has 3 rings (SSSR count). The summed E-state index contributed by atoms with van der Waals surface area (Å²) in [6, 6.07) is 7.92. The third kappa shape index (κ3) is 3.44. The maximum atomic E-state index is 12.2. The van der Waals surface area contributed by atoms with Gasteiger partial charge >= 0.3 is 0 Å². The number of amides is 1. The minimum absolute atomic E-state index is 0.0953. The number of nitrogens with one attached hydrogen (secondary N) is 1. The van der Waals surface area contributed by atoms with Crippen LogP contribution in [-0.2, 0) is 0 Å². The van der Waals surface area contributed by atoms with Gasteiger partial charge in [0.2, 0.25) is 0 Å². The molecule has 1 aromatic carbocycles. The van der Waals surface area contributed by atoms with Gasteiger partial charge in [-0.1, -0.05) is 12.1 Å². The predicted octanol–water partition coefficient (Wildman–Crippen LogP) is 4.49. The lowest BCUT2D eigenvalue weighted by Crippen LogP contribution is -2.11. The molecular weight excluding hydrogens is 320 g/mol. The van der Waals surface area contributed by atoms with Gasteiger partial charge in [0.25, 0.3) is 5.91 Å². The number of rotatable bonds is 3. The fourth-order valence-electron chi connectivity index (χ4n) is 2.04. The van der Waals surface area contributed by atoms with E-state index in [1.54, 1.807) is 0 Å². The summed E-state index contributed by atoms with van der Waals surface area (Å²) in [7, 11) is 0. The van der Waals surface area contributed by atoms with Crippen molar-refractivity contribution in [3.63, 3.8) is 0 Å². The molecule has 0 atom stereocenters. The summed E-state index contributed by atoms with van der Waals surface area (Å²) in [4.78, 5) is 17.7. The van der Waals surface area contributed by atoms with Gasteiger partial charge in [-0.25, -0.2) is 4.98 Å². The van der Waals surface area contributed by atoms with Gasteiger partial charge in [-0.15, -0.1) is 34.9 Å². The Balaban J connectivity index is 1.69. The Morgan fingerprint density at radius 2 is 1.86 bits per heavy atom. The van der Waals surface area contributed by atoms with E-state index in [9.17, 15) is 4.79 Å². The Kier molecular flexibility index (Phi) is 4.57. The molecule has 6 heteroatoms. The van der Waals surface area contributed by atoms with Crippen LogP contribution in [0.15, 0.2) is 24.3 Å². The van der Waals surface area contributed by atoms with Gasteiger partial charge < -0.3 is 0 Å². The van der Waals surface area contributed by atoms with Crippen LogP contribution < -0.4 is 5.32 Å². The van der Waals surface area contributed by atoms with Crippen molar-refractivity contribution >= 4 is 45.9 Å². The largest absolute Gasteiger partial charge is 0.298 e. The number of benzene rings is 1. The van der Waals surface area contributed by atoms with Crippen molar-refractivity contribution in [2.75, 3.05) is 16.8 Å². The minimum atomic E-state index is -0.0953. The van der Waals surface area contributed by atoms with Gasteiger partial charge in [0.1, 0.15) is 0 Å². The van der Waals surface area contributed by atoms with Crippen molar-refractivity contribution in [3.8, 4) is 0 Å². The van der Waals surface area contributed by atoms with Gasteiger partial charge in [-0.2, -0.15) is 0 Å². The van der Waals surface area contributed by atoms with Crippen LogP contribution in [0.3, 0.4) is 0 Å². The van der Waals surface area contributed by atoms with Crippen molar-refractivity contribution in [1.29, 1.82) is 0 Å². The summed E-state index contributed by atoms with van der Waals surface area (Å²) in [5, 5.41) is 3.53. The highest BCUT2D eigenvalue weighted by Gasteiger charge is 2.18. The fraction of sp³-hybridized carbons (Fsp3) is 0.333. The quantitative estimate of drug-likeness (QED) is 0.896. The molecular formula is C15H16N2OS3. The average molecular weight is 337 g/mol. The summed E-state index contributed by atoms with van der Waals surface area (Å²) in [5.41, 5.74) is 2.94. The highest BCUT2D eigenvalue weighted by Crippen LogP contribution is 2.45. The molecule has 0 spiro atoms. The highest BCUT2D eigenvalue weighted by atomic mass is 32.2. The van der Waals surface area contributed by atoms with Crippen molar-refractivity contribution in [3.05, 3.63) is 46.0 Å². The van der Waals surface area contributed by atoms with Crippen molar-refractivity contribution in [2.24, 2.45) is 0 Å². The smallest absolute Gasteiger partial charge is 0.257 e. The van der Waals surface area contributed by atoms with Crippen LogP contribution >= 0.6 is 34.9 Å². The topological polar surface area (TPSA) is 42.0 Å². The molecule has 0 unspecified atom stereocenters. The molecule has 0 radical (unpaired) electrons. The van der Waals surface area contributed by atoms with Crippen molar-refractivity contribution < 1.29 is 4.79 Å². The maximum absolute atomic E-state index is 12.2. The summed E-state index contributed by atoms with van der Waals surface area (Å²) in [6.07, 6.45) is 0.